The van der Waals surface area contributed by atoms with Gasteiger partial charge in [-0.1, -0.05) is 26.7 Å². The van der Waals surface area contributed by atoms with Crippen LogP contribution in [-0.2, 0) is 17.9 Å². The number of benzene rings is 1. The molecule has 1 saturated carbocycles. The molecule has 0 spiro atoms. The lowest BCUT2D eigenvalue weighted by Crippen LogP contribution is -2.38. The van der Waals surface area contributed by atoms with Gasteiger partial charge in [-0.3, -0.25) is 15.2 Å². The molecule has 1 amide bonds. The van der Waals surface area contributed by atoms with Crippen molar-refractivity contribution in [3.05, 3.63) is 58.9 Å². The third-order valence-electron chi connectivity index (χ3n) is 6.34. The molecule has 8 nitrogen and oxygen atoms in total. The quantitative estimate of drug-likeness (QED) is 0.435. The Morgan fingerprint density at radius 1 is 1.33 bits per heavy atom. The zero-order valence-corrected chi connectivity index (χ0v) is 19.0. The van der Waals surface area contributed by atoms with Gasteiger partial charge < -0.3 is 15.0 Å². The van der Waals surface area contributed by atoms with E-state index in [9.17, 15) is 13.6 Å². The van der Waals surface area contributed by atoms with Crippen molar-refractivity contribution in [3.63, 3.8) is 0 Å². The number of halogens is 2. The lowest BCUT2D eigenvalue weighted by Gasteiger charge is -2.18. The van der Waals surface area contributed by atoms with E-state index in [2.05, 4.69) is 40.1 Å². The molecular weight excluding hydrogens is 430 g/mol. The van der Waals surface area contributed by atoms with Gasteiger partial charge in [0.1, 0.15) is 17.3 Å². The minimum Gasteiger partial charge on any atom is -0.494 e. The number of aromatic amines is 1. The second kappa shape index (κ2) is 9.78. The van der Waals surface area contributed by atoms with Crippen LogP contribution < -0.4 is 21.0 Å². The van der Waals surface area contributed by atoms with Crippen molar-refractivity contribution in [2.75, 3.05) is 7.11 Å². The summed E-state index contributed by atoms with van der Waals surface area (Å²) in [4.78, 5) is 20.4. The fraction of sp³-hybridized carbons (Fsp3) is 0.478. The fourth-order valence-corrected chi connectivity index (χ4v) is 3.94. The van der Waals surface area contributed by atoms with Gasteiger partial charge in [0.25, 0.3) is 5.91 Å². The number of carbonyl (C=O) groups excluding carboxylic acids is 1. The minimum absolute atomic E-state index is 0.0816. The third kappa shape index (κ3) is 5.44. The molecular formula is C23H30F2N6O2. The maximum absolute atomic E-state index is 14.3. The maximum Gasteiger partial charge on any atom is 0.270 e. The van der Waals surface area contributed by atoms with Crippen molar-refractivity contribution in [1.29, 1.82) is 0 Å². The molecule has 2 aliphatic rings. The largest absolute Gasteiger partial charge is 0.494 e. The Balaban J connectivity index is 1.31. The molecule has 2 unspecified atom stereocenters. The van der Waals surface area contributed by atoms with Crippen LogP contribution >= 0.6 is 0 Å². The highest BCUT2D eigenvalue weighted by Gasteiger charge is 2.27. The van der Waals surface area contributed by atoms with E-state index in [0.717, 1.165) is 23.5 Å². The van der Waals surface area contributed by atoms with Crippen LogP contribution in [0.4, 0.5) is 8.78 Å². The summed E-state index contributed by atoms with van der Waals surface area (Å²) in [5.74, 6) is 0.592. The van der Waals surface area contributed by atoms with E-state index in [1.54, 1.807) is 17.4 Å². The van der Waals surface area contributed by atoms with Gasteiger partial charge in [-0.25, -0.2) is 13.8 Å². The van der Waals surface area contributed by atoms with Crippen LogP contribution in [0.15, 0.2) is 30.2 Å². The van der Waals surface area contributed by atoms with E-state index in [1.165, 1.54) is 32.4 Å². The SMILES string of the molecule is COc1ccc(F)c(CNC(=O)C2=CN(Cc3cnc(C(C)C(C)CC4CC4)[nH]3)NN2)c1F. The molecule has 1 aliphatic heterocycles. The van der Waals surface area contributed by atoms with Crippen molar-refractivity contribution >= 4 is 5.91 Å². The first-order chi connectivity index (χ1) is 15.9. The molecule has 1 aromatic carbocycles. The molecule has 4 rings (SSSR count). The van der Waals surface area contributed by atoms with Crippen LogP contribution in [0.2, 0.25) is 0 Å². The Hall–Kier alpha value is -3.14. The van der Waals surface area contributed by atoms with Gasteiger partial charge in [0, 0.05) is 24.2 Å². The van der Waals surface area contributed by atoms with E-state index >= 15 is 0 Å². The number of aromatic nitrogens is 2. The van der Waals surface area contributed by atoms with Crippen LogP contribution in [0.1, 0.15) is 56.1 Å². The Bertz CT molecular complexity index is 1040. The highest BCUT2D eigenvalue weighted by atomic mass is 19.1. The average Bonchev–Trinajstić information content (AvgIpc) is 3.29. The Labute approximate surface area is 191 Å². The average molecular weight is 461 g/mol. The topological polar surface area (TPSA) is 94.3 Å². The standard InChI is InChI=1S/C23H30F2N6O2/c1-13(8-15-4-5-15)14(2)22-26-9-16(28-22)11-31-12-19(29-30-31)23(32)27-10-17-18(24)6-7-20(33-3)21(17)25/h6-7,9,12-15,29-30H,4-5,8,10-11H2,1-3H3,(H,26,28)(H,27,32). The summed E-state index contributed by atoms with van der Waals surface area (Å²) in [5.41, 5.74) is 6.52. The number of rotatable bonds is 10. The maximum atomic E-state index is 14.3. The summed E-state index contributed by atoms with van der Waals surface area (Å²) in [6.07, 6.45) is 7.32. The number of amides is 1. The molecule has 2 atom stereocenters. The highest BCUT2D eigenvalue weighted by molar-refractivity contribution is 5.92. The number of nitrogens with one attached hydrogen (secondary N) is 4. The van der Waals surface area contributed by atoms with Crippen molar-refractivity contribution in [1.82, 2.24) is 31.3 Å². The number of methoxy groups -OCH3 is 1. The van der Waals surface area contributed by atoms with Gasteiger partial charge in [-0.05, 0) is 30.4 Å². The van der Waals surface area contributed by atoms with Gasteiger partial charge in [-0.15, -0.1) is 5.53 Å². The van der Waals surface area contributed by atoms with Gasteiger partial charge >= 0.3 is 0 Å². The smallest absolute Gasteiger partial charge is 0.270 e. The zero-order chi connectivity index (χ0) is 23.5. The van der Waals surface area contributed by atoms with Crippen molar-refractivity contribution < 1.29 is 18.3 Å². The summed E-state index contributed by atoms with van der Waals surface area (Å²) < 4.78 is 33.1. The predicted molar refractivity (Wildman–Crippen MR) is 118 cm³/mol. The van der Waals surface area contributed by atoms with E-state index < -0.39 is 17.5 Å². The first kappa shape index (κ1) is 23.0. The third-order valence-corrected chi connectivity index (χ3v) is 6.34. The Kier molecular flexibility index (Phi) is 6.83. The zero-order valence-electron chi connectivity index (χ0n) is 19.0. The van der Waals surface area contributed by atoms with Crippen LogP contribution in [0.3, 0.4) is 0 Å². The number of H-pyrrole nitrogens is 1. The number of hydrazine groups is 2. The predicted octanol–water partition coefficient (Wildman–Crippen LogP) is 3.22. The number of imidazole rings is 1. The number of ether oxygens (including phenoxy) is 1. The van der Waals surface area contributed by atoms with Gasteiger partial charge in [0.2, 0.25) is 0 Å². The number of nitrogens with zero attached hydrogens (tertiary/aromatic N) is 2. The van der Waals surface area contributed by atoms with Crippen LogP contribution in [0.5, 0.6) is 5.75 Å². The van der Waals surface area contributed by atoms with Gasteiger partial charge in [-0.2, -0.15) is 0 Å². The second-order valence-electron chi connectivity index (χ2n) is 8.87. The first-order valence-electron chi connectivity index (χ1n) is 11.2. The van der Waals surface area contributed by atoms with Crippen LogP contribution in [0, 0.1) is 23.5 Å². The molecule has 178 valence electrons. The summed E-state index contributed by atoms with van der Waals surface area (Å²) >= 11 is 0. The normalized spacial score (nSPS) is 17.4. The summed E-state index contributed by atoms with van der Waals surface area (Å²) in [6, 6.07) is 2.31. The lowest BCUT2D eigenvalue weighted by atomic mass is 9.90. The number of carbonyl (C=O) groups is 1. The lowest BCUT2D eigenvalue weighted by molar-refractivity contribution is -0.118. The molecule has 33 heavy (non-hydrogen) atoms. The Morgan fingerprint density at radius 2 is 2.12 bits per heavy atom. The number of hydrogen-bond donors (Lipinski definition) is 4. The van der Waals surface area contributed by atoms with Gasteiger partial charge in [0.05, 0.1) is 25.5 Å². The Morgan fingerprint density at radius 3 is 2.85 bits per heavy atom. The van der Waals surface area contributed by atoms with Crippen LogP contribution in [0.25, 0.3) is 0 Å². The van der Waals surface area contributed by atoms with Crippen molar-refractivity contribution in [2.45, 2.75) is 52.1 Å². The number of hydrogen-bond acceptors (Lipinski definition) is 6. The van der Waals surface area contributed by atoms with Crippen LogP contribution in [-0.4, -0.2) is 28.0 Å². The monoisotopic (exact) mass is 460 g/mol. The fourth-order valence-electron chi connectivity index (χ4n) is 3.94. The molecule has 10 heteroatoms. The van der Waals surface area contributed by atoms with E-state index in [1.807, 2.05) is 0 Å². The molecule has 0 saturated heterocycles. The molecule has 1 aliphatic carbocycles. The highest BCUT2D eigenvalue weighted by Crippen LogP contribution is 2.39. The first-order valence-corrected chi connectivity index (χ1v) is 11.2. The molecule has 1 aromatic heterocycles. The second-order valence-corrected chi connectivity index (χ2v) is 8.87. The van der Waals surface area contributed by atoms with Gasteiger partial charge in [0.15, 0.2) is 11.6 Å². The van der Waals surface area contributed by atoms with Crippen molar-refractivity contribution in [2.24, 2.45) is 11.8 Å². The van der Waals surface area contributed by atoms with E-state index in [4.69, 9.17) is 4.74 Å². The van der Waals surface area contributed by atoms with E-state index in [-0.39, 0.29) is 23.6 Å². The summed E-state index contributed by atoms with van der Waals surface area (Å²) in [5, 5.41) is 4.21. The molecule has 0 bridgehead atoms. The summed E-state index contributed by atoms with van der Waals surface area (Å²) in [6.45, 7) is 4.61. The molecule has 2 heterocycles. The van der Waals surface area contributed by atoms with Crippen molar-refractivity contribution in [3.8, 4) is 5.75 Å². The van der Waals surface area contributed by atoms with E-state index in [0.29, 0.717) is 18.4 Å². The minimum atomic E-state index is -0.832. The molecule has 1 fully saturated rings. The molecule has 2 aromatic rings. The molecule has 0 radical (unpaired) electrons. The summed E-state index contributed by atoms with van der Waals surface area (Å²) in [7, 11) is 1.30. The molecule has 4 N–H and O–H groups in total.